The number of nitrogens with one attached hydrogen (secondary N) is 1. The van der Waals surface area contributed by atoms with Gasteiger partial charge in [0.25, 0.3) is 0 Å². The lowest BCUT2D eigenvalue weighted by Gasteiger charge is -2.15. The molecule has 6 heteroatoms. The number of amides is 1. The van der Waals surface area contributed by atoms with Crippen molar-refractivity contribution in [1.29, 1.82) is 0 Å². The van der Waals surface area contributed by atoms with Gasteiger partial charge in [-0.15, -0.1) is 0 Å². The van der Waals surface area contributed by atoms with E-state index in [0.717, 1.165) is 17.7 Å². The molecule has 1 unspecified atom stereocenters. The van der Waals surface area contributed by atoms with Crippen molar-refractivity contribution in [2.45, 2.75) is 19.3 Å². The zero-order valence-electron chi connectivity index (χ0n) is 12.0. The summed E-state index contributed by atoms with van der Waals surface area (Å²) in [6.45, 7) is 1.88. The third kappa shape index (κ3) is 3.46. The first-order valence-electron chi connectivity index (χ1n) is 6.82. The van der Waals surface area contributed by atoms with Crippen LogP contribution in [0.25, 0.3) is 0 Å². The Morgan fingerprint density at radius 3 is 2.50 bits per heavy atom. The van der Waals surface area contributed by atoms with E-state index >= 15 is 0 Å². The first-order chi connectivity index (χ1) is 10.5. The Hall–Kier alpha value is -2.76. The number of carbonyl (C=O) groups is 1. The van der Waals surface area contributed by atoms with Crippen LogP contribution in [0, 0.1) is 15.9 Å². The van der Waals surface area contributed by atoms with Crippen LogP contribution in [-0.4, -0.2) is 10.8 Å². The lowest BCUT2D eigenvalue weighted by atomic mass is 9.95. The number of benzene rings is 2. The molecular formula is C16H15FN2O3. The number of carbonyl (C=O) groups excluding carboxylic acids is 1. The number of hydrogen-bond acceptors (Lipinski definition) is 3. The number of nitrogens with zero attached hydrogens (tertiary/aromatic N) is 1. The molecular weight excluding hydrogens is 287 g/mol. The maximum absolute atomic E-state index is 13.6. The Labute approximate surface area is 126 Å². The van der Waals surface area contributed by atoms with Crippen LogP contribution in [0.5, 0.6) is 0 Å². The van der Waals surface area contributed by atoms with E-state index in [9.17, 15) is 19.3 Å². The molecule has 0 saturated carbocycles. The van der Waals surface area contributed by atoms with Crippen molar-refractivity contribution in [1.82, 2.24) is 0 Å². The summed E-state index contributed by atoms with van der Waals surface area (Å²) in [5.41, 5.74) is 0.445. The summed E-state index contributed by atoms with van der Waals surface area (Å²) in [5.74, 6) is -1.61. The monoisotopic (exact) mass is 302 g/mol. The van der Waals surface area contributed by atoms with Gasteiger partial charge in [0.15, 0.2) is 0 Å². The SMILES string of the molecule is CCC(C(=O)Nc1ccc([N+](=O)[O-])c(F)c1)c1ccccc1. The molecule has 5 nitrogen and oxygen atoms in total. The minimum Gasteiger partial charge on any atom is -0.325 e. The molecule has 22 heavy (non-hydrogen) atoms. The highest BCUT2D eigenvalue weighted by molar-refractivity contribution is 5.95. The quantitative estimate of drug-likeness (QED) is 0.673. The fraction of sp³-hybridized carbons (Fsp3) is 0.188. The van der Waals surface area contributed by atoms with E-state index in [2.05, 4.69) is 5.32 Å². The highest BCUT2D eigenvalue weighted by atomic mass is 19.1. The smallest absolute Gasteiger partial charge is 0.304 e. The van der Waals surface area contributed by atoms with Gasteiger partial charge >= 0.3 is 5.69 Å². The van der Waals surface area contributed by atoms with Crippen molar-refractivity contribution in [3.63, 3.8) is 0 Å². The highest BCUT2D eigenvalue weighted by Gasteiger charge is 2.20. The molecule has 0 aromatic heterocycles. The summed E-state index contributed by atoms with van der Waals surface area (Å²) >= 11 is 0. The van der Waals surface area contributed by atoms with E-state index in [0.29, 0.717) is 6.42 Å². The molecule has 1 amide bonds. The normalized spacial score (nSPS) is 11.7. The molecule has 0 aliphatic rings. The lowest BCUT2D eigenvalue weighted by molar-refractivity contribution is -0.387. The number of hydrogen-bond donors (Lipinski definition) is 1. The maximum atomic E-state index is 13.6. The average Bonchev–Trinajstić information content (AvgIpc) is 2.48. The van der Waals surface area contributed by atoms with Gasteiger partial charge in [0.05, 0.1) is 10.8 Å². The summed E-state index contributed by atoms with van der Waals surface area (Å²) in [6, 6.07) is 12.6. The van der Waals surface area contributed by atoms with E-state index in [4.69, 9.17) is 0 Å². The minimum absolute atomic E-state index is 0.197. The van der Waals surface area contributed by atoms with Crippen molar-refractivity contribution in [3.8, 4) is 0 Å². The largest absolute Gasteiger partial charge is 0.325 e. The fourth-order valence-corrected chi connectivity index (χ4v) is 2.22. The zero-order chi connectivity index (χ0) is 16.1. The Morgan fingerprint density at radius 1 is 1.27 bits per heavy atom. The van der Waals surface area contributed by atoms with Gasteiger partial charge in [-0.05, 0) is 18.1 Å². The van der Waals surface area contributed by atoms with Crippen LogP contribution in [0.4, 0.5) is 15.8 Å². The van der Waals surface area contributed by atoms with Crippen molar-refractivity contribution in [3.05, 3.63) is 70.0 Å². The number of nitro benzene ring substituents is 1. The molecule has 1 atom stereocenters. The van der Waals surface area contributed by atoms with Crippen LogP contribution >= 0.6 is 0 Å². The molecule has 0 radical (unpaired) electrons. The first-order valence-corrected chi connectivity index (χ1v) is 6.82. The minimum atomic E-state index is -0.976. The lowest BCUT2D eigenvalue weighted by Crippen LogP contribution is -2.20. The molecule has 0 aliphatic heterocycles. The third-order valence-electron chi connectivity index (χ3n) is 3.34. The van der Waals surface area contributed by atoms with Crippen LogP contribution in [0.15, 0.2) is 48.5 Å². The molecule has 2 aromatic carbocycles. The van der Waals surface area contributed by atoms with Crippen molar-refractivity contribution in [2.75, 3.05) is 5.32 Å². The summed E-state index contributed by atoms with van der Waals surface area (Å²) < 4.78 is 13.6. The molecule has 0 bridgehead atoms. The Balaban J connectivity index is 2.17. The second-order valence-electron chi connectivity index (χ2n) is 4.78. The number of anilines is 1. The van der Waals surface area contributed by atoms with Crippen LogP contribution in [-0.2, 0) is 4.79 Å². The summed E-state index contributed by atoms with van der Waals surface area (Å²) in [7, 11) is 0. The Kier molecular flexibility index (Phi) is 4.83. The van der Waals surface area contributed by atoms with E-state index in [1.54, 1.807) is 0 Å². The van der Waals surface area contributed by atoms with Gasteiger partial charge in [-0.2, -0.15) is 4.39 Å². The number of halogens is 1. The van der Waals surface area contributed by atoms with Gasteiger partial charge in [-0.1, -0.05) is 37.3 Å². The average molecular weight is 302 g/mol. The van der Waals surface area contributed by atoms with Gasteiger partial charge in [0.2, 0.25) is 11.7 Å². The van der Waals surface area contributed by atoms with Crippen molar-refractivity contribution in [2.24, 2.45) is 0 Å². The van der Waals surface area contributed by atoms with Gasteiger partial charge in [0, 0.05) is 17.8 Å². The predicted octanol–water partition coefficient (Wildman–Crippen LogP) is 3.87. The van der Waals surface area contributed by atoms with Gasteiger partial charge in [-0.3, -0.25) is 14.9 Å². The third-order valence-corrected chi connectivity index (χ3v) is 3.34. The van der Waals surface area contributed by atoms with Gasteiger partial charge in [0.1, 0.15) is 0 Å². The molecule has 0 spiro atoms. The molecule has 2 rings (SSSR count). The summed E-state index contributed by atoms with van der Waals surface area (Å²) in [5, 5.41) is 13.2. The first kappa shape index (κ1) is 15.6. The van der Waals surface area contributed by atoms with Crippen LogP contribution in [0.1, 0.15) is 24.8 Å². The number of rotatable bonds is 5. The molecule has 0 fully saturated rings. The van der Waals surface area contributed by atoms with E-state index in [1.165, 1.54) is 6.07 Å². The molecule has 0 saturated heterocycles. The topological polar surface area (TPSA) is 72.2 Å². The van der Waals surface area contributed by atoms with E-state index in [-0.39, 0.29) is 17.5 Å². The van der Waals surface area contributed by atoms with E-state index < -0.39 is 16.4 Å². The standard InChI is InChI=1S/C16H15FN2O3/c1-2-13(11-6-4-3-5-7-11)16(20)18-12-8-9-15(19(21)22)14(17)10-12/h3-10,13H,2H2,1H3,(H,18,20). The van der Waals surface area contributed by atoms with Crippen LogP contribution < -0.4 is 5.32 Å². The zero-order valence-corrected chi connectivity index (χ0v) is 12.0. The Bertz CT molecular complexity index is 689. The van der Waals surface area contributed by atoms with Crippen LogP contribution in [0.3, 0.4) is 0 Å². The fourth-order valence-electron chi connectivity index (χ4n) is 2.22. The molecule has 2 aromatic rings. The second kappa shape index (κ2) is 6.80. The Morgan fingerprint density at radius 2 is 1.95 bits per heavy atom. The predicted molar refractivity (Wildman–Crippen MR) is 81.2 cm³/mol. The molecule has 0 heterocycles. The maximum Gasteiger partial charge on any atom is 0.304 e. The molecule has 0 aliphatic carbocycles. The summed E-state index contributed by atoms with van der Waals surface area (Å²) in [4.78, 5) is 22.1. The van der Waals surface area contributed by atoms with Gasteiger partial charge in [-0.25, -0.2) is 0 Å². The van der Waals surface area contributed by atoms with E-state index in [1.807, 2.05) is 37.3 Å². The second-order valence-corrected chi connectivity index (χ2v) is 4.78. The number of nitro groups is 1. The van der Waals surface area contributed by atoms with Crippen LogP contribution in [0.2, 0.25) is 0 Å². The van der Waals surface area contributed by atoms with Gasteiger partial charge < -0.3 is 5.32 Å². The summed E-state index contributed by atoms with van der Waals surface area (Å²) in [6.07, 6.45) is 0.589. The molecule has 114 valence electrons. The van der Waals surface area contributed by atoms with Crippen molar-refractivity contribution >= 4 is 17.3 Å². The highest BCUT2D eigenvalue weighted by Crippen LogP contribution is 2.24. The van der Waals surface area contributed by atoms with Crippen molar-refractivity contribution < 1.29 is 14.1 Å². The molecule has 1 N–H and O–H groups in total.